The summed E-state index contributed by atoms with van der Waals surface area (Å²) in [6, 6.07) is 11.7. The lowest BCUT2D eigenvalue weighted by molar-refractivity contribution is -0.141. The second kappa shape index (κ2) is 12.2. The number of ether oxygens (including phenoxy) is 4. The van der Waals surface area contributed by atoms with Crippen LogP contribution in [0.1, 0.15) is 43.7 Å². The van der Waals surface area contributed by atoms with Gasteiger partial charge in [-0.1, -0.05) is 37.5 Å². The smallest absolute Gasteiger partial charge is 0.247 e. The number of para-hydroxylation sites is 2. The summed E-state index contributed by atoms with van der Waals surface area (Å²) < 4.78 is 22.8. The fourth-order valence-corrected chi connectivity index (χ4v) is 4.98. The predicted octanol–water partition coefficient (Wildman–Crippen LogP) is 4.10. The molecule has 2 amide bonds. The Bertz CT molecular complexity index is 1060. The van der Waals surface area contributed by atoms with Gasteiger partial charge >= 0.3 is 0 Å². The monoisotopic (exact) mass is 516 g/mol. The number of alkyl halides is 1. The molecular weight excluding hydrogens is 484 g/mol. The van der Waals surface area contributed by atoms with Crippen LogP contribution in [0, 0.1) is 0 Å². The summed E-state index contributed by atoms with van der Waals surface area (Å²) in [6.45, 7) is 0.364. The van der Waals surface area contributed by atoms with Crippen LogP contribution in [0.4, 0.5) is 0 Å². The summed E-state index contributed by atoms with van der Waals surface area (Å²) in [5.41, 5.74) is 0.594. The highest BCUT2D eigenvalue weighted by Gasteiger charge is 2.36. The van der Waals surface area contributed by atoms with Crippen LogP contribution in [0.2, 0.25) is 0 Å². The maximum atomic E-state index is 13.8. The van der Waals surface area contributed by atoms with Crippen molar-refractivity contribution < 1.29 is 28.5 Å². The Morgan fingerprint density at radius 3 is 2.47 bits per heavy atom. The van der Waals surface area contributed by atoms with Gasteiger partial charge in [0.2, 0.25) is 11.8 Å². The number of carbonyl (C=O) groups is 2. The van der Waals surface area contributed by atoms with Crippen molar-refractivity contribution in [3.8, 4) is 23.0 Å². The maximum Gasteiger partial charge on any atom is 0.247 e. The Balaban J connectivity index is 1.65. The average molecular weight is 517 g/mol. The number of hydrogen-bond donors (Lipinski definition) is 1. The predicted molar refractivity (Wildman–Crippen MR) is 136 cm³/mol. The molecule has 2 unspecified atom stereocenters. The molecular formula is C27H33ClN2O6. The SMILES string of the molecule is COc1ccc(C(C(=O)NC2CCCCC2)N(CC2COc3ccccc3O2)C(=O)CCl)cc1OC. The molecule has 1 aliphatic heterocycles. The molecule has 2 atom stereocenters. The van der Waals surface area contributed by atoms with E-state index in [1.54, 1.807) is 25.3 Å². The number of benzene rings is 2. The fourth-order valence-electron chi connectivity index (χ4n) is 4.82. The number of fused-ring (bicyclic) bond motifs is 1. The van der Waals surface area contributed by atoms with Crippen LogP contribution in [0.25, 0.3) is 0 Å². The van der Waals surface area contributed by atoms with Crippen LogP contribution in [0.15, 0.2) is 42.5 Å². The Morgan fingerprint density at radius 1 is 1.06 bits per heavy atom. The molecule has 1 N–H and O–H groups in total. The molecule has 2 aromatic carbocycles. The number of methoxy groups -OCH3 is 2. The third-order valence-electron chi connectivity index (χ3n) is 6.64. The normalized spacial score (nSPS) is 18.1. The van der Waals surface area contributed by atoms with Crippen molar-refractivity contribution >= 4 is 23.4 Å². The lowest BCUT2D eigenvalue weighted by Gasteiger charge is -2.36. The van der Waals surface area contributed by atoms with E-state index in [0.717, 1.165) is 25.7 Å². The Kier molecular flexibility index (Phi) is 8.80. The molecule has 1 aliphatic carbocycles. The number of amides is 2. The number of nitrogens with one attached hydrogen (secondary N) is 1. The zero-order chi connectivity index (χ0) is 25.5. The summed E-state index contributed by atoms with van der Waals surface area (Å²) in [6.07, 6.45) is 4.68. The van der Waals surface area contributed by atoms with Crippen molar-refractivity contribution in [2.24, 2.45) is 0 Å². The van der Waals surface area contributed by atoms with Crippen LogP contribution < -0.4 is 24.3 Å². The summed E-state index contributed by atoms with van der Waals surface area (Å²) in [5, 5.41) is 3.18. The molecule has 2 aromatic rings. The van der Waals surface area contributed by atoms with Gasteiger partial charge in [0, 0.05) is 6.04 Å². The molecule has 1 saturated carbocycles. The molecule has 0 radical (unpaired) electrons. The number of halogens is 1. The van der Waals surface area contributed by atoms with Gasteiger partial charge in [-0.3, -0.25) is 9.59 Å². The molecule has 0 aromatic heterocycles. The Labute approximate surface area is 216 Å². The summed E-state index contributed by atoms with van der Waals surface area (Å²) in [4.78, 5) is 28.4. The zero-order valence-electron chi connectivity index (χ0n) is 20.7. The lowest BCUT2D eigenvalue weighted by atomic mass is 9.94. The first kappa shape index (κ1) is 25.9. The van der Waals surface area contributed by atoms with Gasteiger partial charge in [0.05, 0.1) is 20.8 Å². The van der Waals surface area contributed by atoms with E-state index in [1.807, 2.05) is 24.3 Å². The average Bonchev–Trinajstić information content (AvgIpc) is 2.92. The Morgan fingerprint density at radius 2 is 1.78 bits per heavy atom. The van der Waals surface area contributed by atoms with Crippen LogP contribution in [0.5, 0.6) is 23.0 Å². The van der Waals surface area contributed by atoms with E-state index in [-0.39, 0.29) is 36.9 Å². The minimum Gasteiger partial charge on any atom is -0.493 e. The molecule has 8 nitrogen and oxygen atoms in total. The fraction of sp³-hybridized carbons (Fsp3) is 0.481. The van der Waals surface area contributed by atoms with Crippen molar-refractivity contribution in [1.82, 2.24) is 10.2 Å². The second-order valence-electron chi connectivity index (χ2n) is 9.04. The standard InChI is InChI=1S/C27H33ClN2O6/c1-33-21-13-12-18(14-24(21)34-2)26(27(32)29-19-8-4-3-5-9-19)30(25(31)15-28)16-20-17-35-22-10-6-7-11-23(22)36-20/h6-7,10-14,19-20,26H,3-5,8-9,15-17H2,1-2H3,(H,29,32). The highest BCUT2D eigenvalue weighted by Crippen LogP contribution is 2.35. The molecule has 194 valence electrons. The first-order valence-corrected chi connectivity index (χ1v) is 12.8. The number of hydrogen-bond acceptors (Lipinski definition) is 6. The zero-order valence-corrected chi connectivity index (χ0v) is 21.5. The molecule has 1 fully saturated rings. The summed E-state index contributed by atoms with van der Waals surface area (Å²) >= 11 is 6.04. The van der Waals surface area contributed by atoms with E-state index in [1.165, 1.54) is 18.4 Å². The van der Waals surface area contributed by atoms with E-state index in [4.69, 9.17) is 30.5 Å². The van der Waals surface area contributed by atoms with E-state index in [9.17, 15) is 9.59 Å². The van der Waals surface area contributed by atoms with Crippen molar-refractivity contribution in [1.29, 1.82) is 0 Å². The van der Waals surface area contributed by atoms with Gasteiger partial charge in [-0.25, -0.2) is 0 Å². The number of rotatable bonds is 9. The van der Waals surface area contributed by atoms with Gasteiger partial charge in [-0.2, -0.15) is 0 Å². The van der Waals surface area contributed by atoms with E-state index >= 15 is 0 Å². The van der Waals surface area contributed by atoms with Gasteiger partial charge in [0.25, 0.3) is 0 Å². The van der Waals surface area contributed by atoms with Crippen LogP contribution in [-0.4, -0.2) is 62.1 Å². The Hall–Kier alpha value is -3.13. The molecule has 4 rings (SSSR count). The third kappa shape index (κ3) is 5.98. The largest absolute Gasteiger partial charge is 0.493 e. The minimum absolute atomic E-state index is 0.0722. The third-order valence-corrected chi connectivity index (χ3v) is 6.87. The molecule has 1 heterocycles. The van der Waals surface area contributed by atoms with Crippen LogP contribution >= 0.6 is 11.6 Å². The quantitative estimate of drug-likeness (QED) is 0.505. The highest BCUT2D eigenvalue weighted by molar-refractivity contribution is 6.27. The number of carbonyl (C=O) groups excluding carboxylic acids is 2. The van der Waals surface area contributed by atoms with Crippen LogP contribution in [-0.2, 0) is 9.59 Å². The van der Waals surface area contributed by atoms with Crippen molar-refractivity contribution in [3.05, 3.63) is 48.0 Å². The minimum atomic E-state index is -0.932. The van der Waals surface area contributed by atoms with Crippen molar-refractivity contribution in [2.75, 3.05) is 33.3 Å². The second-order valence-corrected chi connectivity index (χ2v) is 9.31. The first-order chi connectivity index (χ1) is 17.5. The van der Waals surface area contributed by atoms with Gasteiger partial charge < -0.3 is 29.2 Å². The molecule has 36 heavy (non-hydrogen) atoms. The molecule has 9 heteroatoms. The van der Waals surface area contributed by atoms with E-state index in [0.29, 0.717) is 28.6 Å². The highest BCUT2D eigenvalue weighted by atomic mass is 35.5. The van der Waals surface area contributed by atoms with Crippen molar-refractivity contribution in [3.63, 3.8) is 0 Å². The van der Waals surface area contributed by atoms with Gasteiger partial charge in [-0.15, -0.1) is 11.6 Å². The molecule has 0 saturated heterocycles. The van der Waals surface area contributed by atoms with Crippen molar-refractivity contribution in [2.45, 2.75) is 50.3 Å². The van der Waals surface area contributed by atoms with Gasteiger partial charge in [-0.05, 0) is 42.7 Å². The topological polar surface area (TPSA) is 86.3 Å². The van der Waals surface area contributed by atoms with Crippen LogP contribution in [0.3, 0.4) is 0 Å². The maximum absolute atomic E-state index is 13.8. The first-order valence-electron chi connectivity index (χ1n) is 12.3. The lowest BCUT2D eigenvalue weighted by Crippen LogP contribution is -2.51. The number of nitrogens with zero attached hydrogens (tertiary/aromatic N) is 1. The molecule has 0 spiro atoms. The molecule has 0 bridgehead atoms. The van der Waals surface area contributed by atoms with E-state index < -0.39 is 12.1 Å². The van der Waals surface area contributed by atoms with E-state index in [2.05, 4.69) is 5.32 Å². The van der Waals surface area contributed by atoms with Gasteiger partial charge in [0.15, 0.2) is 29.1 Å². The molecule has 2 aliphatic rings. The summed E-state index contributed by atoms with van der Waals surface area (Å²) in [7, 11) is 3.08. The van der Waals surface area contributed by atoms with Gasteiger partial charge in [0.1, 0.15) is 18.5 Å². The summed E-state index contributed by atoms with van der Waals surface area (Å²) in [5.74, 6) is 1.34.